The van der Waals surface area contributed by atoms with Gasteiger partial charge in [0.05, 0.1) is 23.2 Å². The van der Waals surface area contributed by atoms with Gasteiger partial charge in [0.15, 0.2) is 9.84 Å². The van der Waals surface area contributed by atoms with Crippen molar-refractivity contribution < 1.29 is 18.3 Å². The lowest BCUT2D eigenvalue weighted by atomic mass is 10.2. The van der Waals surface area contributed by atoms with E-state index in [4.69, 9.17) is 9.84 Å². The maximum Gasteiger partial charge on any atom is 0.155 e. The molecular weight excluding hydrogens is 276 g/mol. The van der Waals surface area contributed by atoms with Crippen LogP contribution in [0.3, 0.4) is 0 Å². The van der Waals surface area contributed by atoms with Gasteiger partial charge in [-0.05, 0) is 26.0 Å². The summed E-state index contributed by atoms with van der Waals surface area (Å²) < 4.78 is 28.9. The van der Waals surface area contributed by atoms with Crippen LogP contribution in [0.2, 0.25) is 0 Å². The van der Waals surface area contributed by atoms with Crippen molar-refractivity contribution in [3.05, 3.63) is 29.8 Å². The van der Waals surface area contributed by atoms with Gasteiger partial charge in [0.25, 0.3) is 0 Å². The fourth-order valence-electron chi connectivity index (χ4n) is 1.41. The number of hydrogen-bond acceptors (Lipinski definition) is 4. The standard InChI is InChI=1S/C15H20O4S/c1-13(2)20(17,18)12-11-19-15-9-4-3-7-14(15)8-5-6-10-16/h3-4,7,9,13,16H,6,10-12H2,1-2H3. The highest BCUT2D eigenvalue weighted by atomic mass is 32.2. The van der Waals surface area contributed by atoms with Gasteiger partial charge in [-0.1, -0.05) is 24.0 Å². The zero-order valence-electron chi connectivity index (χ0n) is 11.8. The molecule has 0 saturated carbocycles. The molecule has 0 aliphatic rings. The van der Waals surface area contributed by atoms with Gasteiger partial charge in [0, 0.05) is 6.42 Å². The summed E-state index contributed by atoms with van der Waals surface area (Å²) in [6.07, 6.45) is 0.399. The van der Waals surface area contributed by atoms with E-state index in [0.717, 1.165) is 0 Å². The molecule has 0 fully saturated rings. The van der Waals surface area contributed by atoms with E-state index in [1.165, 1.54) is 0 Å². The Morgan fingerprint density at radius 1 is 1.30 bits per heavy atom. The van der Waals surface area contributed by atoms with Gasteiger partial charge in [0.2, 0.25) is 0 Å². The Balaban J connectivity index is 2.68. The van der Waals surface area contributed by atoms with Gasteiger partial charge in [-0.25, -0.2) is 8.42 Å². The molecule has 0 bridgehead atoms. The van der Waals surface area contributed by atoms with Gasteiger partial charge in [0.1, 0.15) is 12.4 Å². The third kappa shape index (κ3) is 5.24. The van der Waals surface area contributed by atoms with Crippen LogP contribution in [0.1, 0.15) is 25.8 Å². The van der Waals surface area contributed by atoms with Gasteiger partial charge in [-0.3, -0.25) is 0 Å². The molecule has 1 aromatic carbocycles. The lowest BCUT2D eigenvalue weighted by molar-refractivity contribution is 0.305. The topological polar surface area (TPSA) is 63.6 Å². The van der Waals surface area contributed by atoms with Crippen LogP contribution >= 0.6 is 0 Å². The normalized spacial score (nSPS) is 11.0. The smallest absolute Gasteiger partial charge is 0.155 e. The van der Waals surface area contributed by atoms with Crippen molar-refractivity contribution in [1.29, 1.82) is 0 Å². The molecule has 0 spiro atoms. The second kappa shape index (κ2) is 7.93. The molecule has 0 atom stereocenters. The minimum atomic E-state index is -3.10. The van der Waals surface area contributed by atoms with Crippen LogP contribution in [-0.4, -0.2) is 37.7 Å². The maximum atomic E-state index is 11.7. The molecule has 4 nitrogen and oxygen atoms in total. The van der Waals surface area contributed by atoms with Crippen molar-refractivity contribution in [2.75, 3.05) is 19.0 Å². The number of ether oxygens (including phenoxy) is 1. The predicted molar refractivity (Wildman–Crippen MR) is 79.4 cm³/mol. The first-order valence-electron chi connectivity index (χ1n) is 6.50. The van der Waals surface area contributed by atoms with E-state index in [1.54, 1.807) is 26.0 Å². The molecule has 0 aliphatic carbocycles. The van der Waals surface area contributed by atoms with Crippen LogP contribution in [0, 0.1) is 11.8 Å². The van der Waals surface area contributed by atoms with Crippen LogP contribution in [0.25, 0.3) is 0 Å². The maximum absolute atomic E-state index is 11.7. The van der Waals surface area contributed by atoms with E-state index >= 15 is 0 Å². The fraction of sp³-hybridized carbons (Fsp3) is 0.467. The Labute approximate surface area is 120 Å². The zero-order chi connectivity index (χ0) is 15.0. The predicted octanol–water partition coefficient (Wildman–Crippen LogP) is 1.62. The summed E-state index contributed by atoms with van der Waals surface area (Å²) in [7, 11) is -3.10. The van der Waals surface area contributed by atoms with Crippen LogP contribution in [0.5, 0.6) is 5.75 Å². The number of para-hydroxylation sites is 1. The summed E-state index contributed by atoms with van der Waals surface area (Å²) in [5.41, 5.74) is 0.697. The molecular formula is C15H20O4S. The summed E-state index contributed by atoms with van der Waals surface area (Å²) in [6, 6.07) is 7.20. The molecule has 0 aliphatic heterocycles. The quantitative estimate of drug-likeness (QED) is 0.810. The Bertz CT molecular complexity index is 579. The molecule has 0 radical (unpaired) electrons. The van der Waals surface area contributed by atoms with Crippen molar-refractivity contribution in [2.24, 2.45) is 0 Å². The van der Waals surface area contributed by atoms with Crippen molar-refractivity contribution >= 4 is 9.84 Å². The first-order valence-corrected chi connectivity index (χ1v) is 8.22. The zero-order valence-corrected chi connectivity index (χ0v) is 12.6. The summed E-state index contributed by atoms with van der Waals surface area (Å²) >= 11 is 0. The number of aliphatic hydroxyl groups excluding tert-OH is 1. The minimum Gasteiger partial charge on any atom is -0.491 e. The van der Waals surface area contributed by atoms with Gasteiger partial charge >= 0.3 is 0 Å². The Morgan fingerprint density at radius 3 is 2.65 bits per heavy atom. The number of benzene rings is 1. The van der Waals surface area contributed by atoms with E-state index in [9.17, 15) is 8.42 Å². The summed E-state index contributed by atoms with van der Waals surface area (Å²) in [5, 5.41) is 8.30. The van der Waals surface area contributed by atoms with E-state index in [-0.39, 0.29) is 19.0 Å². The highest BCUT2D eigenvalue weighted by Crippen LogP contribution is 2.17. The highest BCUT2D eigenvalue weighted by Gasteiger charge is 2.16. The highest BCUT2D eigenvalue weighted by molar-refractivity contribution is 7.91. The average Bonchev–Trinajstić information content (AvgIpc) is 2.40. The SMILES string of the molecule is CC(C)S(=O)(=O)CCOc1ccccc1C#CCCO. The van der Waals surface area contributed by atoms with Gasteiger partial charge < -0.3 is 9.84 Å². The third-order valence-corrected chi connectivity index (χ3v) is 4.86. The molecule has 0 aromatic heterocycles. The third-order valence-electron chi connectivity index (χ3n) is 2.69. The average molecular weight is 296 g/mol. The Morgan fingerprint density at radius 2 is 2.00 bits per heavy atom. The number of rotatable bonds is 6. The number of aliphatic hydroxyl groups is 1. The molecule has 0 amide bonds. The van der Waals surface area contributed by atoms with E-state index in [1.807, 2.05) is 12.1 Å². The molecule has 1 rings (SSSR count). The molecule has 0 saturated heterocycles. The Kier molecular flexibility index (Phi) is 6.56. The molecule has 1 aromatic rings. The van der Waals surface area contributed by atoms with Crippen molar-refractivity contribution in [3.63, 3.8) is 0 Å². The molecule has 1 N–H and O–H groups in total. The molecule has 110 valence electrons. The van der Waals surface area contributed by atoms with E-state index < -0.39 is 15.1 Å². The monoisotopic (exact) mass is 296 g/mol. The summed E-state index contributed by atoms with van der Waals surface area (Å²) in [5.74, 6) is 6.27. The first-order chi connectivity index (χ1) is 9.47. The van der Waals surface area contributed by atoms with Crippen LogP contribution in [0.4, 0.5) is 0 Å². The lowest BCUT2D eigenvalue weighted by Crippen LogP contribution is -2.22. The molecule has 0 heterocycles. The minimum absolute atomic E-state index is 0.0108. The molecule has 20 heavy (non-hydrogen) atoms. The fourth-order valence-corrected chi connectivity index (χ4v) is 2.20. The number of sulfone groups is 1. The van der Waals surface area contributed by atoms with Crippen molar-refractivity contribution in [3.8, 4) is 17.6 Å². The Hall–Kier alpha value is -1.51. The van der Waals surface area contributed by atoms with Crippen LogP contribution < -0.4 is 4.74 Å². The largest absolute Gasteiger partial charge is 0.491 e. The number of hydrogen-bond donors (Lipinski definition) is 1. The van der Waals surface area contributed by atoms with Crippen molar-refractivity contribution in [1.82, 2.24) is 0 Å². The first kappa shape index (κ1) is 16.5. The van der Waals surface area contributed by atoms with Crippen LogP contribution in [-0.2, 0) is 9.84 Å². The van der Waals surface area contributed by atoms with E-state index in [2.05, 4.69) is 11.8 Å². The van der Waals surface area contributed by atoms with E-state index in [0.29, 0.717) is 17.7 Å². The van der Waals surface area contributed by atoms with Crippen molar-refractivity contribution in [2.45, 2.75) is 25.5 Å². The summed E-state index contributed by atoms with van der Waals surface area (Å²) in [6.45, 7) is 3.44. The van der Waals surface area contributed by atoms with Gasteiger partial charge in [-0.2, -0.15) is 0 Å². The van der Waals surface area contributed by atoms with Gasteiger partial charge in [-0.15, -0.1) is 0 Å². The molecule has 5 heteroatoms. The second-order valence-corrected chi connectivity index (χ2v) is 7.21. The summed E-state index contributed by atoms with van der Waals surface area (Å²) in [4.78, 5) is 0. The van der Waals surface area contributed by atoms with Crippen LogP contribution in [0.15, 0.2) is 24.3 Å². The molecule has 0 unspecified atom stereocenters. The second-order valence-electron chi connectivity index (χ2n) is 4.54. The lowest BCUT2D eigenvalue weighted by Gasteiger charge is -2.10.